The zero-order chi connectivity index (χ0) is 11.8. The largest absolute Gasteiger partial charge is 0.329 e. The Morgan fingerprint density at radius 3 is 3.06 bits per heavy atom. The summed E-state index contributed by atoms with van der Waals surface area (Å²) in [6, 6.07) is 3.67. The van der Waals surface area contributed by atoms with E-state index in [-0.39, 0.29) is 0 Å². The van der Waals surface area contributed by atoms with Crippen molar-refractivity contribution >= 4 is 28.0 Å². The molecule has 1 aliphatic rings. The van der Waals surface area contributed by atoms with E-state index in [9.17, 15) is 4.79 Å². The Morgan fingerprint density at radius 1 is 1.75 bits per heavy atom. The van der Waals surface area contributed by atoms with Gasteiger partial charge in [0, 0.05) is 10.7 Å². The van der Waals surface area contributed by atoms with Crippen molar-refractivity contribution < 1.29 is 9.53 Å². The van der Waals surface area contributed by atoms with Gasteiger partial charge in [-0.2, -0.15) is 0 Å². The molecule has 16 heavy (non-hydrogen) atoms. The van der Waals surface area contributed by atoms with Crippen LogP contribution in [-0.2, 0) is 9.53 Å². The first-order valence-corrected chi connectivity index (χ1v) is 5.63. The minimum Gasteiger partial charge on any atom is -0.329 e. The molecular formula is C10H12BrN3O2. The highest BCUT2D eigenvalue weighted by atomic mass is 79.9. The maximum absolute atomic E-state index is 11.1. The van der Waals surface area contributed by atoms with Gasteiger partial charge < -0.3 is 15.4 Å². The van der Waals surface area contributed by atoms with Crippen molar-refractivity contribution in [3.05, 3.63) is 22.8 Å². The Balaban J connectivity index is 2.32. The van der Waals surface area contributed by atoms with E-state index < -0.39 is 12.0 Å². The molecule has 1 aliphatic heterocycles. The molecule has 1 unspecified atom stereocenters. The number of halogens is 1. The van der Waals surface area contributed by atoms with Gasteiger partial charge in [-0.15, -0.1) is 0 Å². The highest BCUT2D eigenvalue weighted by molar-refractivity contribution is 9.10. The van der Waals surface area contributed by atoms with Crippen LogP contribution < -0.4 is 10.6 Å². The van der Waals surface area contributed by atoms with Crippen molar-refractivity contribution in [2.24, 2.45) is 5.73 Å². The Bertz CT molecular complexity index is 398. The van der Waals surface area contributed by atoms with E-state index in [1.54, 1.807) is 18.0 Å². The molecule has 0 radical (unpaired) electrons. The predicted octanol–water partition coefficient (Wildman–Crippen LogP) is 0.881. The van der Waals surface area contributed by atoms with Crippen molar-refractivity contribution in [3.63, 3.8) is 0 Å². The maximum atomic E-state index is 11.1. The summed E-state index contributed by atoms with van der Waals surface area (Å²) >= 11 is 3.30. The van der Waals surface area contributed by atoms with Crippen molar-refractivity contribution in [1.82, 2.24) is 4.98 Å². The van der Waals surface area contributed by atoms with E-state index in [1.165, 1.54) is 0 Å². The second-order valence-corrected chi connectivity index (χ2v) is 4.69. The Hall–Kier alpha value is -0.980. The summed E-state index contributed by atoms with van der Waals surface area (Å²) in [6.45, 7) is 2.13. The van der Waals surface area contributed by atoms with Crippen LogP contribution in [-0.4, -0.2) is 29.8 Å². The maximum Gasteiger partial charge on any atom is 0.198 e. The minimum absolute atomic E-state index is 0.448. The first-order valence-electron chi connectivity index (χ1n) is 4.84. The smallest absolute Gasteiger partial charge is 0.198 e. The number of hydrogen-bond acceptors (Lipinski definition) is 5. The van der Waals surface area contributed by atoms with Crippen LogP contribution in [0, 0.1) is 0 Å². The van der Waals surface area contributed by atoms with E-state index in [4.69, 9.17) is 10.5 Å². The molecular weight excluding hydrogens is 274 g/mol. The molecule has 0 bridgehead atoms. The molecule has 86 valence electrons. The fraction of sp³-hybridized carbons (Fsp3) is 0.400. The number of nitrogens with zero attached hydrogens (tertiary/aromatic N) is 2. The topological polar surface area (TPSA) is 68.5 Å². The molecule has 1 fully saturated rings. The zero-order valence-electron chi connectivity index (χ0n) is 8.76. The molecule has 2 rings (SSSR count). The second-order valence-electron chi connectivity index (χ2n) is 3.77. The molecule has 1 aromatic rings. The third-order valence-electron chi connectivity index (χ3n) is 2.50. The third kappa shape index (κ3) is 1.95. The van der Waals surface area contributed by atoms with E-state index >= 15 is 0 Å². The summed E-state index contributed by atoms with van der Waals surface area (Å²) in [7, 11) is 0. The fourth-order valence-corrected chi connectivity index (χ4v) is 1.94. The highest BCUT2D eigenvalue weighted by Gasteiger charge is 2.42. The van der Waals surface area contributed by atoms with Crippen LogP contribution >= 0.6 is 15.9 Å². The molecule has 0 saturated carbocycles. The molecule has 0 aromatic carbocycles. The van der Waals surface area contributed by atoms with Gasteiger partial charge in [-0.1, -0.05) is 0 Å². The van der Waals surface area contributed by atoms with Crippen LogP contribution in [0.3, 0.4) is 0 Å². The molecule has 2 atom stereocenters. The van der Waals surface area contributed by atoms with Gasteiger partial charge in [-0.05, 0) is 35.0 Å². The SMILES string of the molecule is CC1(C=O)O[C@@H](N)CN1c1ccc(Br)cn1. The highest BCUT2D eigenvalue weighted by Crippen LogP contribution is 2.28. The number of rotatable bonds is 2. The summed E-state index contributed by atoms with van der Waals surface area (Å²) in [5.41, 5.74) is 4.66. The van der Waals surface area contributed by atoms with Crippen LogP contribution in [0.1, 0.15) is 6.92 Å². The van der Waals surface area contributed by atoms with Gasteiger partial charge >= 0.3 is 0 Å². The molecule has 1 aromatic heterocycles. The van der Waals surface area contributed by atoms with Gasteiger partial charge in [0.1, 0.15) is 12.0 Å². The number of carbonyl (C=O) groups excluding carboxylic acids is 1. The zero-order valence-corrected chi connectivity index (χ0v) is 10.3. The van der Waals surface area contributed by atoms with Gasteiger partial charge in [0.15, 0.2) is 12.0 Å². The molecule has 0 spiro atoms. The minimum atomic E-state index is -1.03. The number of aromatic nitrogens is 1. The van der Waals surface area contributed by atoms with Crippen LogP contribution in [0.2, 0.25) is 0 Å². The summed E-state index contributed by atoms with van der Waals surface area (Å²) < 4.78 is 6.26. The number of aldehydes is 1. The first-order chi connectivity index (χ1) is 7.55. The first kappa shape index (κ1) is 11.5. The Morgan fingerprint density at radius 2 is 2.50 bits per heavy atom. The standard InChI is InChI=1S/C10H12BrN3O2/c1-10(6-15)14(5-8(12)16-10)9-3-2-7(11)4-13-9/h2-4,6,8H,5,12H2,1H3/t8-,10?/m1/s1. The summed E-state index contributed by atoms with van der Waals surface area (Å²) in [5.74, 6) is 0.672. The molecule has 6 heteroatoms. The number of pyridine rings is 1. The van der Waals surface area contributed by atoms with Crippen LogP contribution in [0.4, 0.5) is 5.82 Å². The van der Waals surface area contributed by atoms with Gasteiger partial charge in [-0.25, -0.2) is 4.98 Å². The van der Waals surface area contributed by atoms with Crippen molar-refractivity contribution in [1.29, 1.82) is 0 Å². The average molecular weight is 286 g/mol. The normalized spacial score (nSPS) is 29.4. The van der Waals surface area contributed by atoms with Gasteiger partial charge in [0.05, 0.1) is 6.54 Å². The van der Waals surface area contributed by atoms with Crippen molar-refractivity contribution in [3.8, 4) is 0 Å². The summed E-state index contributed by atoms with van der Waals surface area (Å²) in [4.78, 5) is 17.0. The molecule has 2 heterocycles. The van der Waals surface area contributed by atoms with Crippen LogP contribution in [0.25, 0.3) is 0 Å². The Labute approximate surface area is 102 Å². The lowest BCUT2D eigenvalue weighted by atomic mass is 10.2. The fourth-order valence-electron chi connectivity index (χ4n) is 1.71. The predicted molar refractivity (Wildman–Crippen MR) is 62.8 cm³/mol. The van der Waals surface area contributed by atoms with Gasteiger partial charge in [0.25, 0.3) is 0 Å². The van der Waals surface area contributed by atoms with E-state index in [0.29, 0.717) is 12.4 Å². The summed E-state index contributed by atoms with van der Waals surface area (Å²) in [6.07, 6.45) is 1.94. The third-order valence-corrected chi connectivity index (χ3v) is 2.96. The number of ether oxygens (including phenoxy) is 1. The second kappa shape index (κ2) is 4.12. The molecule has 5 nitrogen and oxygen atoms in total. The monoisotopic (exact) mass is 285 g/mol. The summed E-state index contributed by atoms with van der Waals surface area (Å²) in [5, 5.41) is 0. The van der Waals surface area contributed by atoms with Crippen LogP contribution in [0.5, 0.6) is 0 Å². The van der Waals surface area contributed by atoms with E-state index in [2.05, 4.69) is 20.9 Å². The number of hydrogen-bond donors (Lipinski definition) is 1. The molecule has 0 aliphatic carbocycles. The number of nitrogens with two attached hydrogens (primary N) is 1. The van der Waals surface area contributed by atoms with Gasteiger partial charge in [-0.3, -0.25) is 4.79 Å². The molecule has 0 amide bonds. The number of anilines is 1. The Kier molecular flexibility index (Phi) is 2.96. The van der Waals surface area contributed by atoms with Gasteiger partial charge in [0.2, 0.25) is 0 Å². The van der Waals surface area contributed by atoms with E-state index in [1.807, 2.05) is 12.1 Å². The van der Waals surface area contributed by atoms with E-state index in [0.717, 1.165) is 10.8 Å². The average Bonchev–Trinajstić information content (AvgIpc) is 2.56. The number of carbonyl (C=O) groups is 1. The lowest BCUT2D eigenvalue weighted by molar-refractivity contribution is -0.127. The van der Waals surface area contributed by atoms with Crippen molar-refractivity contribution in [2.45, 2.75) is 18.9 Å². The lowest BCUT2D eigenvalue weighted by Gasteiger charge is -2.28. The van der Waals surface area contributed by atoms with Crippen molar-refractivity contribution in [2.75, 3.05) is 11.4 Å². The molecule has 2 N–H and O–H groups in total. The molecule has 1 saturated heterocycles. The lowest BCUT2D eigenvalue weighted by Crippen LogP contribution is -2.44. The van der Waals surface area contributed by atoms with Crippen LogP contribution in [0.15, 0.2) is 22.8 Å². The quantitative estimate of drug-likeness (QED) is 0.817.